The Morgan fingerprint density at radius 3 is 2.33 bits per heavy atom. The summed E-state index contributed by atoms with van der Waals surface area (Å²) < 4.78 is 37.0. The third kappa shape index (κ3) is 5.68. The fourth-order valence-corrected chi connectivity index (χ4v) is 1.68. The highest BCUT2D eigenvalue weighted by Gasteiger charge is 2.40. The number of hydrogen-bond donors (Lipinski definition) is 2. The molecule has 0 bridgehead atoms. The Balaban J connectivity index is 2.96. The third-order valence-corrected chi connectivity index (χ3v) is 2.55. The minimum atomic E-state index is -5.02. The van der Waals surface area contributed by atoms with Gasteiger partial charge in [-0.05, 0) is 12.5 Å². The van der Waals surface area contributed by atoms with E-state index in [1.165, 1.54) is 19.1 Å². The summed E-state index contributed by atoms with van der Waals surface area (Å²) >= 11 is 0. The number of carbonyl (C=O) groups is 2. The quantitative estimate of drug-likeness (QED) is 0.649. The molecule has 1 atom stereocenters. The lowest BCUT2D eigenvalue weighted by Gasteiger charge is -2.19. The predicted molar refractivity (Wildman–Crippen MR) is 69.4 cm³/mol. The molecule has 0 saturated heterocycles. The first-order valence-corrected chi connectivity index (χ1v) is 6.03. The van der Waals surface area contributed by atoms with Gasteiger partial charge in [-0.25, -0.2) is 0 Å². The average molecular weight is 301 g/mol. The molecule has 1 unspecified atom stereocenters. The first-order chi connectivity index (χ1) is 9.70. The second-order valence-electron chi connectivity index (χ2n) is 4.38. The maximum Gasteiger partial charge on any atom is 0.471 e. The van der Waals surface area contributed by atoms with Crippen molar-refractivity contribution < 1.29 is 27.9 Å². The Hall–Kier alpha value is -2.31. The summed E-state index contributed by atoms with van der Waals surface area (Å²) in [6, 6.07) is 6.79. The molecule has 1 rings (SSSR count). The second kappa shape index (κ2) is 6.92. The monoisotopic (exact) mass is 301 g/mol. The van der Waals surface area contributed by atoms with Crippen LogP contribution in [0.5, 0.6) is 0 Å². The molecule has 1 amide bonds. The van der Waals surface area contributed by atoms with Gasteiger partial charge in [-0.2, -0.15) is 13.2 Å². The molecular formula is C14H14F3NO3. The van der Waals surface area contributed by atoms with E-state index in [4.69, 9.17) is 0 Å². The fourth-order valence-electron chi connectivity index (χ4n) is 1.68. The van der Waals surface area contributed by atoms with Crippen LogP contribution in [0.4, 0.5) is 13.2 Å². The van der Waals surface area contributed by atoms with Gasteiger partial charge in [-0.1, -0.05) is 30.3 Å². The minimum absolute atomic E-state index is 0.314. The second-order valence-corrected chi connectivity index (χ2v) is 4.38. The normalized spacial score (nSPS) is 13.6. The Morgan fingerprint density at radius 1 is 1.29 bits per heavy atom. The SMILES string of the molecule is CC(=O)/C=C(\O)CC(NC(=O)C(F)(F)F)c1ccccc1. The molecule has 2 N–H and O–H groups in total. The van der Waals surface area contributed by atoms with Crippen molar-refractivity contribution in [1.29, 1.82) is 0 Å². The van der Waals surface area contributed by atoms with Gasteiger partial charge in [0.25, 0.3) is 0 Å². The molecule has 0 fully saturated rings. The largest absolute Gasteiger partial charge is 0.512 e. The van der Waals surface area contributed by atoms with Crippen LogP contribution < -0.4 is 5.32 Å². The van der Waals surface area contributed by atoms with Crippen molar-refractivity contribution in [3.63, 3.8) is 0 Å². The van der Waals surface area contributed by atoms with Crippen LogP contribution in [0.2, 0.25) is 0 Å². The first-order valence-electron chi connectivity index (χ1n) is 6.03. The third-order valence-electron chi connectivity index (χ3n) is 2.55. The number of aliphatic hydroxyl groups is 1. The highest BCUT2D eigenvalue weighted by molar-refractivity contribution is 5.87. The van der Waals surface area contributed by atoms with Crippen LogP contribution >= 0.6 is 0 Å². The number of hydrogen-bond acceptors (Lipinski definition) is 3. The molecule has 1 aromatic rings. The summed E-state index contributed by atoms with van der Waals surface area (Å²) in [4.78, 5) is 21.9. The zero-order chi connectivity index (χ0) is 16.0. The minimum Gasteiger partial charge on any atom is -0.512 e. The van der Waals surface area contributed by atoms with Gasteiger partial charge in [0.2, 0.25) is 0 Å². The number of carbonyl (C=O) groups excluding carboxylic acids is 2. The van der Waals surface area contributed by atoms with E-state index in [0.29, 0.717) is 5.56 Å². The van der Waals surface area contributed by atoms with Crippen LogP contribution in [0, 0.1) is 0 Å². The van der Waals surface area contributed by atoms with Crippen molar-refractivity contribution in [3.8, 4) is 0 Å². The fraction of sp³-hybridized carbons (Fsp3) is 0.286. The molecule has 0 aliphatic rings. The molecule has 0 heterocycles. The van der Waals surface area contributed by atoms with E-state index in [0.717, 1.165) is 6.08 Å². The predicted octanol–water partition coefficient (Wildman–Crippen LogP) is 2.83. The van der Waals surface area contributed by atoms with Crippen molar-refractivity contribution in [2.24, 2.45) is 0 Å². The van der Waals surface area contributed by atoms with E-state index >= 15 is 0 Å². The Bertz CT molecular complexity index is 538. The molecule has 1 aromatic carbocycles. The summed E-state index contributed by atoms with van der Waals surface area (Å²) in [6.45, 7) is 1.20. The summed E-state index contributed by atoms with van der Waals surface area (Å²) in [5, 5.41) is 11.4. The number of alkyl halides is 3. The molecule has 0 aromatic heterocycles. The van der Waals surface area contributed by atoms with E-state index in [1.54, 1.807) is 23.5 Å². The number of amides is 1. The number of allylic oxidation sites excluding steroid dienone is 1. The summed E-state index contributed by atoms with van der Waals surface area (Å²) in [6.07, 6.45) is -4.44. The molecule has 7 heteroatoms. The van der Waals surface area contributed by atoms with Crippen LogP contribution in [0.15, 0.2) is 42.2 Å². The average Bonchev–Trinajstić information content (AvgIpc) is 2.36. The molecule has 0 aliphatic heterocycles. The van der Waals surface area contributed by atoms with Crippen LogP contribution in [0.25, 0.3) is 0 Å². The Morgan fingerprint density at radius 2 is 1.86 bits per heavy atom. The molecule has 21 heavy (non-hydrogen) atoms. The molecule has 0 radical (unpaired) electrons. The van der Waals surface area contributed by atoms with E-state index in [9.17, 15) is 27.9 Å². The summed E-state index contributed by atoms with van der Waals surface area (Å²) in [5.74, 6) is -2.95. The van der Waals surface area contributed by atoms with E-state index in [-0.39, 0.29) is 6.42 Å². The molecule has 4 nitrogen and oxygen atoms in total. The number of benzene rings is 1. The molecule has 0 saturated carbocycles. The van der Waals surface area contributed by atoms with Crippen LogP contribution in [-0.2, 0) is 9.59 Å². The highest BCUT2D eigenvalue weighted by Crippen LogP contribution is 2.23. The van der Waals surface area contributed by atoms with Gasteiger partial charge in [0.15, 0.2) is 5.78 Å². The van der Waals surface area contributed by atoms with Crippen LogP contribution in [-0.4, -0.2) is 23.0 Å². The molecule has 0 aliphatic carbocycles. The van der Waals surface area contributed by atoms with Crippen molar-refractivity contribution in [1.82, 2.24) is 5.32 Å². The zero-order valence-electron chi connectivity index (χ0n) is 11.1. The van der Waals surface area contributed by atoms with Gasteiger partial charge in [0, 0.05) is 12.5 Å². The molecular weight excluding hydrogens is 287 g/mol. The van der Waals surface area contributed by atoms with Gasteiger partial charge >= 0.3 is 12.1 Å². The van der Waals surface area contributed by atoms with Gasteiger partial charge in [-0.3, -0.25) is 9.59 Å². The highest BCUT2D eigenvalue weighted by atomic mass is 19.4. The lowest BCUT2D eigenvalue weighted by Crippen LogP contribution is -2.39. The number of halogens is 3. The number of aliphatic hydroxyl groups excluding tert-OH is 1. The van der Waals surface area contributed by atoms with E-state index in [2.05, 4.69) is 0 Å². The number of ketones is 1. The van der Waals surface area contributed by atoms with Crippen molar-refractivity contribution >= 4 is 11.7 Å². The molecule has 0 spiro atoms. The van der Waals surface area contributed by atoms with Crippen molar-refractivity contribution in [3.05, 3.63) is 47.7 Å². The maximum absolute atomic E-state index is 12.3. The standard InChI is InChI=1S/C14H14F3NO3/c1-9(19)7-11(20)8-12(10-5-3-2-4-6-10)18-13(21)14(15,16)17/h2-7,12,20H,8H2,1H3,(H,18,21)/b11-7-. The zero-order valence-corrected chi connectivity index (χ0v) is 11.1. The summed E-state index contributed by atoms with van der Waals surface area (Å²) in [5.41, 5.74) is 0.388. The first kappa shape index (κ1) is 16.7. The maximum atomic E-state index is 12.3. The van der Waals surface area contributed by atoms with Crippen LogP contribution in [0.1, 0.15) is 24.9 Å². The number of rotatable bonds is 5. The van der Waals surface area contributed by atoms with Crippen molar-refractivity contribution in [2.75, 3.05) is 0 Å². The van der Waals surface area contributed by atoms with Gasteiger partial charge in [-0.15, -0.1) is 0 Å². The van der Waals surface area contributed by atoms with Gasteiger partial charge in [0.1, 0.15) is 0 Å². The molecule has 114 valence electrons. The summed E-state index contributed by atoms with van der Waals surface area (Å²) in [7, 11) is 0. The van der Waals surface area contributed by atoms with E-state index in [1.807, 2.05) is 0 Å². The lowest BCUT2D eigenvalue weighted by atomic mass is 10.0. The van der Waals surface area contributed by atoms with E-state index < -0.39 is 29.7 Å². The number of nitrogens with one attached hydrogen (secondary N) is 1. The Labute approximate surface area is 119 Å². The lowest BCUT2D eigenvalue weighted by molar-refractivity contribution is -0.174. The topological polar surface area (TPSA) is 66.4 Å². The van der Waals surface area contributed by atoms with Crippen molar-refractivity contribution in [2.45, 2.75) is 25.6 Å². The van der Waals surface area contributed by atoms with Crippen LogP contribution in [0.3, 0.4) is 0 Å². The van der Waals surface area contributed by atoms with Gasteiger partial charge < -0.3 is 10.4 Å². The smallest absolute Gasteiger partial charge is 0.471 e. The van der Waals surface area contributed by atoms with Gasteiger partial charge in [0.05, 0.1) is 11.8 Å². The Kier molecular flexibility index (Phi) is 5.52.